The van der Waals surface area contributed by atoms with Crippen molar-refractivity contribution in [1.82, 2.24) is 14.9 Å². The summed E-state index contributed by atoms with van der Waals surface area (Å²) >= 11 is 3.41. The standard InChI is InChI=1S/C13H16BrN3/c1-9-4-10(6-15-9)8-17-3-2-11-5-13(14)16-7-12(11)17/h2-3,5,7,9-10,15H,4,6,8H2,1H3/t9-,10-/m1/s1. The van der Waals surface area contributed by atoms with Crippen LogP contribution in [0.3, 0.4) is 0 Å². The molecule has 2 aromatic heterocycles. The number of pyridine rings is 1. The van der Waals surface area contributed by atoms with E-state index >= 15 is 0 Å². The van der Waals surface area contributed by atoms with Gasteiger partial charge in [0.25, 0.3) is 0 Å². The van der Waals surface area contributed by atoms with Gasteiger partial charge in [-0.15, -0.1) is 0 Å². The first kappa shape index (κ1) is 11.2. The number of hydrogen-bond acceptors (Lipinski definition) is 2. The first-order chi connectivity index (χ1) is 8.22. The van der Waals surface area contributed by atoms with E-state index in [0.717, 1.165) is 23.6 Å². The third kappa shape index (κ3) is 2.24. The molecular formula is C13H16BrN3. The van der Waals surface area contributed by atoms with Crippen LogP contribution >= 0.6 is 15.9 Å². The normalized spacial score (nSPS) is 24.6. The molecule has 1 saturated heterocycles. The van der Waals surface area contributed by atoms with Gasteiger partial charge in [0.1, 0.15) is 4.60 Å². The van der Waals surface area contributed by atoms with Crippen molar-refractivity contribution in [3.8, 4) is 0 Å². The van der Waals surface area contributed by atoms with E-state index in [9.17, 15) is 0 Å². The van der Waals surface area contributed by atoms with Crippen LogP contribution in [0.25, 0.3) is 10.9 Å². The molecule has 1 aliphatic rings. The minimum Gasteiger partial charge on any atom is -0.346 e. The average Bonchev–Trinajstić information content (AvgIpc) is 2.86. The maximum Gasteiger partial charge on any atom is 0.106 e. The Morgan fingerprint density at radius 3 is 3.24 bits per heavy atom. The molecule has 17 heavy (non-hydrogen) atoms. The van der Waals surface area contributed by atoms with E-state index in [1.165, 1.54) is 17.3 Å². The van der Waals surface area contributed by atoms with E-state index in [0.29, 0.717) is 6.04 Å². The highest BCUT2D eigenvalue weighted by atomic mass is 79.9. The Kier molecular flexibility index (Phi) is 2.92. The summed E-state index contributed by atoms with van der Waals surface area (Å²) in [6.07, 6.45) is 5.39. The smallest absolute Gasteiger partial charge is 0.106 e. The quantitative estimate of drug-likeness (QED) is 0.863. The minimum atomic E-state index is 0.661. The monoisotopic (exact) mass is 293 g/mol. The number of aromatic nitrogens is 2. The molecule has 0 unspecified atom stereocenters. The molecule has 4 heteroatoms. The number of rotatable bonds is 2. The van der Waals surface area contributed by atoms with E-state index in [1.54, 1.807) is 0 Å². The fraction of sp³-hybridized carbons (Fsp3) is 0.462. The molecule has 1 aliphatic heterocycles. The van der Waals surface area contributed by atoms with Crippen LogP contribution in [0.1, 0.15) is 13.3 Å². The van der Waals surface area contributed by atoms with Gasteiger partial charge in [0.05, 0.1) is 11.7 Å². The number of hydrogen-bond donors (Lipinski definition) is 1. The fourth-order valence-corrected chi connectivity index (χ4v) is 3.02. The van der Waals surface area contributed by atoms with Gasteiger partial charge in [0, 0.05) is 24.2 Å². The zero-order chi connectivity index (χ0) is 11.8. The molecule has 2 aromatic rings. The molecule has 0 bridgehead atoms. The fourth-order valence-electron chi connectivity index (χ4n) is 2.67. The maximum atomic E-state index is 4.31. The lowest BCUT2D eigenvalue weighted by Crippen LogP contribution is -2.17. The number of nitrogens with zero attached hydrogens (tertiary/aromatic N) is 2. The molecule has 0 radical (unpaired) electrons. The van der Waals surface area contributed by atoms with Crippen LogP contribution in [0.15, 0.2) is 29.1 Å². The summed E-state index contributed by atoms with van der Waals surface area (Å²) in [7, 11) is 0. The van der Waals surface area contributed by atoms with E-state index in [-0.39, 0.29) is 0 Å². The summed E-state index contributed by atoms with van der Waals surface area (Å²) in [5.41, 5.74) is 1.23. The van der Waals surface area contributed by atoms with Gasteiger partial charge in [-0.3, -0.25) is 0 Å². The van der Waals surface area contributed by atoms with Crippen molar-refractivity contribution in [3.05, 3.63) is 29.1 Å². The van der Waals surface area contributed by atoms with Gasteiger partial charge in [0.15, 0.2) is 0 Å². The molecule has 1 N–H and O–H groups in total. The lowest BCUT2D eigenvalue weighted by molar-refractivity contribution is 0.483. The highest BCUT2D eigenvalue weighted by Crippen LogP contribution is 2.22. The minimum absolute atomic E-state index is 0.661. The van der Waals surface area contributed by atoms with E-state index in [4.69, 9.17) is 0 Å². The Bertz CT molecular complexity index is 534. The van der Waals surface area contributed by atoms with Gasteiger partial charge in [-0.2, -0.15) is 0 Å². The molecule has 2 atom stereocenters. The Morgan fingerprint density at radius 1 is 1.59 bits per heavy atom. The zero-order valence-corrected chi connectivity index (χ0v) is 11.4. The zero-order valence-electron chi connectivity index (χ0n) is 9.86. The van der Waals surface area contributed by atoms with Crippen molar-refractivity contribution in [2.24, 2.45) is 5.92 Å². The van der Waals surface area contributed by atoms with Crippen LogP contribution in [0.4, 0.5) is 0 Å². The van der Waals surface area contributed by atoms with Crippen molar-refractivity contribution in [3.63, 3.8) is 0 Å². The van der Waals surface area contributed by atoms with Gasteiger partial charge in [-0.1, -0.05) is 0 Å². The Labute approximate surface area is 109 Å². The van der Waals surface area contributed by atoms with Crippen molar-refractivity contribution in [2.75, 3.05) is 6.54 Å². The second kappa shape index (κ2) is 4.42. The average molecular weight is 294 g/mol. The topological polar surface area (TPSA) is 29.9 Å². The SMILES string of the molecule is C[C@@H]1C[C@@H](Cn2ccc3cc(Br)ncc32)CN1. The highest BCUT2D eigenvalue weighted by molar-refractivity contribution is 9.10. The van der Waals surface area contributed by atoms with Crippen molar-refractivity contribution >= 4 is 26.8 Å². The molecule has 3 rings (SSSR count). The second-order valence-corrected chi connectivity index (χ2v) is 5.76. The van der Waals surface area contributed by atoms with Crippen molar-refractivity contribution in [2.45, 2.75) is 25.9 Å². The summed E-state index contributed by atoms with van der Waals surface area (Å²) in [5.74, 6) is 0.740. The summed E-state index contributed by atoms with van der Waals surface area (Å²) in [4.78, 5) is 4.31. The number of fused-ring (bicyclic) bond motifs is 1. The first-order valence-electron chi connectivity index (χ1n) is 6.06. The van der Waals surface area contributed by atoms with Gasteiger partial charge < -0.3 is 9.88 Å². The molecule has 0 aromatic carbocycles. The Hall–Kier alpha value is -0.870. The van der Waals surface area contributed by atoms with E-state index < -0.39 is 0 Å². The van der Waals surface area contributed by atoms with Crippen LogP contribution in [0.2, 0.25) is 0 Å². The molecule has 0 amide bonds. The van der Waals surface area contributed by atoms with Crippen LogP contribution in [0.5, 0.6) is 0 Å². The molecule has 1 fully saturated rings. The highest BCUT2D eigenvalue weighted by Gasteiger charge is 2.21. The number of halogens is 1. The van der Waals surface area contributed by atoms with Gasteiger partial charge in [-0.05, 0) is 53.9 Å². The molecule has 90 valence electrons. The second-order valence-electron chi connectivity index (χ2n) is 4.94. The third-order valence-corrected chi connectivity index (χ3v) is 3.95. The summed E-state index contributed by atoms with van der Waals surface area (Å²) in [5, 5.41) is 4.76. The van der Waals surface area contributed by atoms with Crippen LogP contribution in [-0.4, -0.2) is 22.1 Å². The predicted octanol–water partition coefficient (Wildman–Crippen LogP) is 2.80. The summed E-state index contributed by atoms with van der Waals surface area (Å²) in [6.45, 7) is 4.47. The molecule has 3 heterocycles. The van der Waals surface area contributed by atoms with E-state index in [2.05, 4.69) is 56.1 Å². The van der Waals surface area contributed by atoms with Crippen molar-refractivity contribution in [1.29, 1.82) is 0 Å². The maximum absolute atomic E-state index is 4.31. The number of nitrogens with one attached hydrogen (secondary N) is 1. The van der Waals surface area contributed by atoms with Crippen LogP contribution < -0.4 is 5.32 Å². The summed E-state index contributed by atoms with van der Waals surface area (Å²) in [6, 6.07) is 4.89. The Balaban J connectivity index is 1.85. The predicted molar refractivity (Wildman–Crippen MR) is 73.0 cm³/mol. The Morgan fingerprint density at radius 2 is 2.47 bits per heavy atom. The van der Waals surface area contributed by atoms with Crippen LogP contribution in [-0.2, 0) is 6.54 Å². The van der Waals surface area contributed by atoms with Crippen LogP contribution in [0, 0.1) is 5.92 Å². The van der Waals surface area contributed by atoms with Gasteiger partial charge >= 0.3 is 0 Å². The first-order valence-corrected chi connectivity index (χ1v) is 6.85. The molecule has 3 nitrogen and oxygen atoms in total. The lowest BCUT2D eigenvalue weighted by Gasteiger charge is -2.11. The van der Waals surface area contributed by atoms with Gasteiger partial charge in [-0.25, -0.2) is 4.98 Å². The van der Waals surface area contributed by atoms with Gasteiger partial charge in [0.2, 0.25) is 0 Å². The summed E-state index contributed by atoms with van der Waals surface area (Å²) < 4.78 is 3.22. The molecule has 0 saturated carbocycles. The molecule has 0 spiro atoms. The lowest BCUT2D eigenvalue weighted by atomic mass is 10.1. The van der Waals surface area contributed by atoms with E-state index in [1.807, 2.05) is 6.20 Å². The third-order valence-electron chi connectivity index (χ3n) is 3.52. The largest absolute Gasteiger partial charge is 0.346 e. The van der Waals surface area contributed by atoms with Crippen molar-refractivity contribution < 1.29 is 0 Å². The molecule has 0 aliphatic carbocycles. The molecular weight excluding hydrogens is 278 g/mol.